The minimum absolute atomic E-state index is 0.216. The molecule has 0 amide bonds. The number of aryl methyl sites for hydroxylation is 1. The van der Waals surface area contributed by atoms with Crippen LogP contribution in [0.5, 0.6) is 0 Å². The predicted molar refractivity (Wildman–Crippen MR) is 64.7 cm³/mol. The van der Waals surface area contributed by atoms with Crippen molar-refractivity contribution >= 4 is 17.3 Å². The van der Waals surface area contributed by atoms with Gasteiger partial charge in [-0.15, -0.1) is 11.3 Å². The van der Waals surface area contributed by atoms with Crippen LogP contribution in [0.15, 0.2) is 17.9 Å². The van der Waals surface area contributed by atoms with E-state index in [-0.39, 0.29) is 12.4 Å². The number of methoxy groups -OCH3 is 1. The summed E-state index contributed by atoms with van der Waals surface area (Å²) in [5, 5.41) is 2.75. The highest BCUT2D eigenvalue weighted by molar-refractivity contribution is 7.13. The predicted octanol–water partition coefficient (Wildman–Crippen LogP) is 1.74. The molecule has 0 aliphatic rings. The van der Waals surface area contributed by atoms with E-state index in [2.05, 4.69) is 14.7 Å². The Hall–Kier alpha value is -1.69. The molecular weight excluding hydrogens is 238 g/mol. The molecule has 2 aromatic heterocycles. The lowest BCUT2D eigenvalue weighted by molar-refractivity contribution is -0.139. The topological polar surface area (TPSA) is 57.0 Å². The average Bonchev–Trinajstić information content (AvgIpc) is 2.95. The number of hydrogen-bond acceptors (Lipinski definition) is 5. The molecule has 0 aliphatic heterocycles. The quantitative estimate of drug-likeness (QED) is 0.777. The highest BCUT2D eigenvalue weighted by atomic mass is 32.1. The van der Waals surface area contributed by atoms with Gasteiger partial charge in [0.2, 0.25) is 0 Å². The number of aromatic nitrogens is 3. The summed E-state index contributed by atoms with van der Waals surface area (Å²) >= 11 is 1.51. The number of ether oxygens (including phenoxy) is 1. The minimum Gasteiger partial charge on any atom is -0.469 e. The van der Waals surface area contributed by atoms with Gasteiger partial charge in [0, 0.05) is 11.9 Å². The van der Waals surface area contributed by atoms with Crippen molar-refractivity contribution in [2.75, 3.05) is 7.11 Å². The molecule has 0 saturated carbocycles. The number of hydrogen-bond donors (Lipinski definition) is 0. The third kappa shape index (κ3) is 2.52. The maximum absolute atomic E-state index is 11.1. The van der Waals surface area contributed by atoms with E-state index in [4.69, 9.17) is 0 Å². The highest BCUT2D eigenvalue weighted by Gasteiger charge is 2.11. The van der Waals surface area contributed by atoms with Crippen molar-refractivity contribution in [2.24, 2.45) is 0 Å². The Kier molecular flexibility index (Phi) is 3.53. The van der Waals surface area contributed by atoms with Gasteiger partial charge >= 0.3 is 5.97 Å². The first-order valence-electron chi connectivity index (χ1n) is 5.26. The molecule has 5 nitrogen and oxygen atoms in total. The smallest absolute Gasteiger partial charge is 0.311 e. The molecule has 0 unspecified atom stereocenters. The van der Waals surface area contributed by atoms with Crippen LogP contribution in [-0.4, -0.2) is 27.6 Å². The number of imidazole rings is 1. The fourth-order valence-corrected chi connectivity index (χ4v) is 2.32. The molecule has 2 heterocycles. The summed E-state index contributed by atoms with van der Waals surface area (Å²) in [6.45, 7) is 2.90. The second kappa shape index (κ2) is 5.09. The Labute approximate surface area is 103 Å². The highest BCUT2D eigenvalue weighted by Crippen LogP contribution is 2.23. The molecule has 0 radical (unpaired) electrons. The number of carbonyl (C=O) groups excluding carboxylic acids is 1. The van der Waals surface area contributed by atoms with E-state index in [9.17, 15) is 4.79 Å². The van der Waals surface area contributed by atoms with Crippen molar-refractivity contribution in [3.05, 3.63) is 23.6 Å². The summed E-state index contributed by atoms with van der Waals surface area (Å²) in [5.74, 6) is -0.272. The maximum atomic E-state index is 11.1. The third-order valence-corrected chi connectivity index (χ3v) is 3.29. The number of carbonyl (C=O) groups is 1. The molecule has 0 bridgehead atoms. The monoisotopic (exact) mass is 251 g/mol. The van der Waals surface area contributed by atoms with Crippen molar-refractivity contribution < 1.29 is 9.53 Å². The Morgan fingerprint density at radius 1 is 1.59 bits per heavy atom. The first-order chi connectivity index (χ1) is 8.24. The molecule has 0 spiro atoms. The molecule has 2 aromatic rings. The van der Waals surface area contributed by atoms with E-state index in [1.165, 1.54) is 18.4 Å². The standard InChI is InChI=1S/C11H13N3O2S/c1-3-14-7-12-5-9(14)11-13-8(6-17-11)4-10(15)16-2/h5-7H,3-4H2,1-2H3. The van der Waals surface area contributed by atoms with Gasteiger partial charge in [-0.1, -0.05) is 0 Å². The Morgan fingerprint density at radius 3 is 3.12 bits per heavy atom. The second-order valence-electron chi connectivity index (χ2n) is 3.46. The molecule has 0 atom stereocenters. The van der Waals surface area contributed by atoms with Crippen LogP contribution < -0.4 is 0 Å². The third-order valence-electron chi connectivity index (χ3n) is 2.38. The zero-order chi connectivity index (χ0) is 12.3. The van der Waals surface area contributed by atoms with Crippen molar-refractivity contribution in [1.29, 1.82) is 0 Å². The van der Waals surface area contributed by atoms with Crippen LogP contribution in [-0.2, 0) is 22.5 Å². The van der Waals surface area contributed by atoms with Crippen molar-refractivity contribution in [3.8, 4) is 10.7 Å². The van der Waals surface area contributed by atoms with Crippen molar-refractivity contribution in [1.82, 2.24) is 14.5 Å². The van der Waals surface area contributed by atoms with Gasteiger partial charge in [0.05, 0.1) is 37.4 Å². The summed E-state index contributed by atoms with van der Waals surface area (Å²) in [4.78, 5) is 19.6. The molecule has 2 rings (SSSR count). The first kappa shape index (κ1) is 11.8. The number of esters is 1. The molecule has 90 valence electrons. The number of rotatable bonds is 4. The van der Waals surface area contributed by atoms with Crippen LogP contribution in [0.2, 0.25) is 0 Å². The van der Waals surface area contributed by atoms with Gasteiger partial charge in [-0.05, 0) is 6.92 Å². The van der Waals surface area contributed by atoms with Crippen LogP contribution in [0, 0.1) is 0 Å². The fraction of sp³-hybridized carbons (Fsp3) is 0.364. The normalized spacial score (nSPS) is 10.5. The van der Waals surface area contributed by atoms with E-state index in [0.29, 0.717) is 0 Å². The van der Waals surface area contributed by atoms with Gasteiger partial charge in [-0.25, -0.2) is 9.97 Å². The molecule has 0 N–H and O–H groups in total. The average molecular weight is 251 g/mol. The van der Waals surface area contributed by atoms with Gasteiger partial charge in [-0.2, -0.15) is 0 Å². The lowest BCUT2D eigenvalue weighted by Crippen LogP contribution is -2.04. The zero-order valence-corrected chi connectivity index (χ0v) is 10.5. The van der Waals surface area contributed by atoms with Gasteiger partial charge in [0.15, 0.2) is 0 Å². The Bertz CT molecular complexity index is 518. The molecule has 0 saturated heterocycles. The SMILES string of the molecule is CCn1cncc1-c1nc(CC(=O)OC)cs1. The minimum atomic E-state index is -0.272. The Morgan fingerprint density at radius 2 is 2.41 bits per heavy atom. The van der Waals surface area contributed by atoms with Crippen LogP contribution in [0.1, 0.15) is 12.6 Å². The summed E-state index contributed by atoms with van der Waals surface area (Å²) < 4.78 is 6.62. The van der Waals surface area contributed by atoms with Crippen molar-refractivity contribution in [2.45, 2.75) is 19.9 Å². The lowest BCUT2D eigenvalue weighted by Gasteiger charge is -2.00. The summed E-state index contributed by atoms with van der Waals surface area (Å²) in [7, 11) is 1.38. The number of thiazole rings is 1. The molecule has 0 aromatic carbocycles. The van der Waals surface area contributed by atoms with E-state index in [0.717, 1.165) is 22.9 Å². The van der Waals surface area contributed by atoms with Gasteiger partial charge in [0.1, 0.15) is 5.01 Å². The molecule has 17 heavy (non-hydrogen) atoms. The lowest BCUT2D eigenvalue weighted by atomic mass is 10.3. The van der Waals surface area contributed by atoms with E-state index in [1.807, 2.05) is 16.9 Å². The van der Waals surface area contributed by atoms with Crippen LogP contribution in [0.3, 0.4) is 0 Å². The molecular formula is C11H13N3O2S. The second-order valence-corrected chi connectivity index (χ2v) is 4.32. The van der Waals surface area contributed by atoms with Gasteiger partial charge < -0.3 is 9.30 Å². The van der Waals surface area contributed by atoms with E-state index < -0.39 is 0 Å². The molecule has 0 aliphatic carbocycles. The maximum Gasteiger partial charge on any atom is 0.311 e. The number of nitrogens with zero attached hydrogens (tertiary/aromatic N) is 3. The summed E-state index contributed by atoms with van der Waals surface area (Å²) in [5.41, 5.74) is 1.72. The summed E-state index contributed by atoms with van der Waals surface area (Å²) in [6.07, 6.45) is 3.77. The fourth-order valence-electron chi connectivity index (χ4n) is 1.48. The van der Waals surface area contributed by atoms with Crippen LogP contribution in [0.4, 0.5) is 0 Å². The summed E-state index contributed by atoms with van der Waals surface area (Å²) in [6, 6.07) is 0. The first-order valence-corrected chi connectivity index (χ1v) is 6.14. The van der Waals surface area contributed by atoms with E-state index >= 15 is 0 Å². The zero-order valence-electron chi connectivity index (χ0n) is 9.71. The Balaban J connectivity index is 2.21. The van der Waals surface area contributed by atoms with E-state index in [1.54, 1.807) is 12.5 Å². The van der Waals surface area contributed by atoms with Crippen molar-refractivity contribution in [3.63, 3.8) is 0 Å². The largest absolute Gasteiger partial charge is 0.469 e. The van der Waals surface area contributed by atoms with Gasteiger partial charge in [0.25, 0.3) is 0 Å². The van der Waals surface area contributed by atoms with Gasteiger partial charge in [-0.3, -0.25) is 4.79 Å². The molecule has 6 heteroatoms. The van der Waals surface area contributed by atoms with Crippen LogP contribution >= 0.6 is 11.3 Å². The molecule has 0 fully saturated rings. The van der Waals surface area contributed by atoms with Crippen LogP contribution in [0.25, 0.3) is 10.7 Å².